The largest absolute Gasteiger partial charge is 0.512 e. The van der Waals surface area contributed by atoms with Gasteiger partial charge >= 0.3 is 0 Å². The van der Waals surface area contributed by atoms with E-state index in [-0.39, 0.29) is 65.2 Å². The second-order valence-corrected chi connectivity index (χ2v) is 10.1. The summed E-state index contributed by atoms with van der Waals surface area (Å²) in [6, 6.07) is 36.0. The Morgan fingerprint density at radius 2 is 0.935 bits per heavy atom. The molecular weight excluding hydrogens is 939 g/mol. The fraction of sp³-hybridized carbons (Fsp3) is 0.105. The molecule has 0 saturated heterocycles. The average molecular weight is 971 g/mol. The van der Waals surface area contributed by atoms with E-state index in [0.717, 1.165) is 22.5 Å². The van der Waals surface area contributed by atoms with Crippen LogP contribution in [0.1, 0.15) is 27.7 Å². The molecule has 6 rings (SSSR count). The third-order valence-corrected chi connectivity index (χ3v) is 6.41. The van der Waals surface area contributed by atoms with Crippen LogP contribution in [0.15, 0.2) is 121 Å². The summed E-state index contributed by atoms with van der Waals surface area (Å²) in [6.07, 6.45) is 5.97. The van der Waals surface area contributed by atoms with Gasteiger partial charge in [0.1, 0.15) is 0 Å². The van der Waals surface area contributed by atoms with Crippen molar-refractivity contribution in [2.45, 2.75) is 27.7 Å². The molecule has 0 bridgehead atoms. The maximum absolute atomic E-state index is 10.0. The van der Waals surface area contributed by atoms with E-state index in [9.17, 15) is 9.59 Å². The van der Waals surface area contributed by atoms with Gasteiger partial charge in [0.15, 0.2) is 11.6 Å². The molecule has 6 nitrogen and oxygen atoms in total. The van der Waals surface area contributed by atoms with E-state index in [1.54, 1.807) is 0 Å². The maximum atomic E-state index is 10.0. The van der Waals surface area contributed by atoms with Crippen LogP contribution in [-0.4, -0.2) is 31.7 Å². The van der Waals surface area contributed by atoms with Gasteiger partial charge in [-0.2, -0.15) is 0 Å². The van der Waals surface area contributed by atoms with Crippen molar-refractivity contribution in [2.75, 3.05) is 0 Å². The summed E-state index contributed by atoms with van der Waals surface area (Å²) in [5.41, 5.74) is 3.87. The molecule has 0 amide bonds. The van der Waals surface area contributed by atoms with Crippen LogP contribution in [-0.2, 0) is 51.7 Å². The zero-order valence-corrected chi connectivity index (χ0v) is 30.2. The third-order valence-electron chi connectivity index (χ3n) is 6.41. The number of carbonyl (C=O) groups is 2. The number of nitrogens with zero attached hydrogens (tertiary/aromatic N) is 2. The van der Waals surface area contributed by atoms with Crippen molar-refractivity contribution in [3.8, 4) is 22.5 Å². The zero-order valence-electron chi connectivity index (χ0n) is 25.6. The first kappa shape index (κ1) is 37.9. The smallest absolute Gasteiger partial charge is 0.155 e. The summed E-state index contributed by atoms with van der Waals surface area (Å²) >= 11 is 0. The number of hydrogen-bond acceptors (Lipinski definition) is 6. The summed E-state index contributed by atoms with van der Waals surface area (Å²) in [6.45, 7) is 5.70. The average Bonchev–Trinajstić information content (AvgIpc) is 3.01. The molecule has 46 heavy (non-hydrogen) atoms. The van der Waals surface area contributed by atoms with Crippen LogP contribution in [0.3, 0.4) is 0 Å². The molecule has 4 aromatic carbocycles. The number of allylic oxidation sites excluding steroid dienone is 4. The van der Waals surface area contributed by atoms with Crippen LogP contribution < -0.4 is 0 Å². The predicted octanol–water partition coefficient (Wildman–Crippen LogP) is 8.94. The van der Waals surface area contributed by atoms with Gasteiger partial charge in [-0.1, -0.05) is 48.5 Å². The molecule has 0 fully saturated rings. The first-order valence-corrected chi connectivity index (χ1v) is 13.9. The minimum Gasteiger partial charge on any atom is -0.512 e. The van der Waals surface area contributed by atoms with Crippen LogP contribution in [0.4, 0.5) is 0 Å². The van der Waals surface area contributed by atoms with Gasteiger partial charge in [0.2, 0.25) is 0 Å². The maximum Gasteiger partial charge on any atom is 0.155 e. The number of fused-ring (bicyclic) bond motifs is 6. The molecule has 2 N–H and O–H groups in total. The molecule has 2 aromatic heterocycles. The Morgan fingerprint density at radius 1 is 0.565 bits per heavy atom. The van der Waals surface area contributed by atoms with Crippen LogP contribution >= 0.6 is 0 Å². The van der Waals surface area contributed by atoms with Crippen molar-refractivity contribution in [3.05, 3.63) is 133 Å². The van der Waals surface area contributed by atoms with Gasteiger partial charge in [-0.3, -0.25) is 9.59 Å². The Bertz CT molecular complexity index is 1830. The summed E-state index contributed by atoms with van der Waals surface area (Å²) in [5, 5.41) is 23.9. The fourth-order valence-electron chi connectivity index (χ4n) is 4.76. The number of hydrogen-bond donors (Lipinski definition) is 2. The summed E-state index contributed by atoms with van der Waals surface area (Å²) in [7, 11) is 0. The third kappa shape index (κ3) is 10.1. The Morgan fingerprint density at radius 3 is 1.22 bits per heavy atom. The van der Waals surface area contributed by atoms with Gasteiger partial charge in [-0.05, 0) is 62.0 Å². The Labute approximate surface area is 297 Å². The number of pyridine rings is 2. The molecule has 0 radical (unpaired) electrons. The Balaban J connectivity index is 0.000000391. The first-order chi connectivity index (χ1) is 21.1. The van der Waals surface area contributed by atoms with Crippen LogP contribution in [0.25, 0.3) is 54.8 Å². The van der Waals surface area contributed by atoms with Crippen molar-refractivity contribution in [2.24, 2.45) is 0 Å². The number of benzene rings is 4. The molecule has 2 heterocycles. The van der Waals surface area contributed by atoms with Crippen molar-refractivity contribution in [1.29, 1.82) is 0 Å². The molecule has 6 aromatic rings. The fourth-order valence-corrected chi connectivity index (χ4v) is 4.76. The van der Waals surface area contributed by atoms with E-state index in [1.807, 2.05) is 48.8 Å². The molecule has 0 aliphatic heterocycles. The van der Waals surface area contributed by atoms with E-state index < -0.39 is 0 Å². The molecule has 240 valence electrons. The minimum absolute atomic E-state index is 0. The standard InChI is InChI=1S/C28H16N2.2C5H8O2.2Pt/c1-2-8-22-21(7-1)25-17-19(27-9-3-5-15-29-27)11-13-23(25)24-14-12-20(18-26(22)24)28-10-4-6-16-30-28;2*1-4(6)3-5(2)7;;/h1-10,13-18H;2*3,6H,1-2H3;;/q-2;;;;/b;2*4-3-;;. The number of rotatable bonds is 4. The van der Waals surface area contributed by atoms with E-state index >= 15 is 0 Å². The van der Waals surface area contributed by atoms with Gasteiger partial charge in [0.25, 0.3) is 0 Å². The summed E-state index contributed by atoms with van der Waals surface area (Å²) in [4.78, 5) is 29.0. The van der Waals surface area contributed by atoms with Crippen LogP contribution in [0, 0.1) is 12.1 Å². The molecule has 0 spiro atoms. The number of aromatic nitrogens is 2. The molecule has 0 aliphatic carbocycles. The van der Waals surface area contributed by atoms with E-state index in [4.69, 9.17) is 10.2 Å². The second-order valence-electron chi connectivity index (χ2n) is 10.1. The molecule has 0 unspecified atom stereocenters. The predicted molar refractivity (Wildman–Crippen MR) is 177 cm³/mol. The normalized spacial score (nSPS) is 10.9. The molecular formula is C38H32N2O4Pt2-2. The number of ketones is 2. The monoisotopic (exact) mass is 970 g/mol. The number of aliphatic hydroxyl groups excluding tert-OH is 2. The topological polar surface area (TPSA) is 100 Å². The molecule has 0 atom stereocenters. The van der Waals surface area contributed by atoms with E-state index in [1.165, 1.54) is 72.2 Å². The minimum atomic E-state index is -0.125. The van der Waals surface area contributed by atoms with E-state index in [2.05, 4.69) is 70.6 Å². The van der Waals surface area contributed by atoms with Gasteiger partial charge in [-0.25, -0.2) is 0 Å². The van der Waals surface area contributed by atoms with Crippen molar-refractivity contribution in [1.82, 2.24) is 9.97 Å². The summed E-state index contributed by atoms with van der Waals surface area (Å²) in [5.74, 6) is -0.125. The van der Waals surface area contributed by atoms with Gasteiger partial charge in [0.05, 0.1) is 11.5 Å². The van der Waals surface area contributed by atoms with Crippen LogP contribution in [0.5, 0.6) is 0 Å². The molecule has 8 heteroatoms. The first-order valence-electron chi connectivity index (χ1n) is 13.9. The Kier molecular flexibility index (Phi) is 14.9. The molecule has 0 aliphatic rings. The number of aliphatic hydroxyl groups is 2. The van der Waals surface area contributed by atoms with Crippen molar-refractivity contribution >= 4 is 43.9 Å². The van der Waals surface area contributed by atoms with Crippen LogP contribution in [0.2, 0.25) is 0 Å². The quantitative estimate of drug-likeness (QED) is 0.0793. The number of carbonyl (C=O) groups excluding carboxylic acids is 2. The second kappa shape index (κ2) is 18.0. The van der Waals surface area contributed by atoms with E-state index in [0.29, 0.717) is 0 Å². The van der Waals surface area contributed by atoms with Gasteiger partial charge in [0, 0.05) is 66.7 Å². The van der Waals surface area contributed by atoms with Gasteiger partial charge < -0.3 is 20.2 Å². The Hall–Kier alpha value is -4.24. The molecule has 0 saturated carbocycles. The van der Waals surface area contributed by atoms with Crippen molar-refractivity contribution < 1.29 is 61.9 Å². The van der Waals surface area contributed by atoms with Gasteiger partial charge in [-0.15, -0.1) is 69.1 Å². The SMILES string of the molecule is CC(=O)/C=C(/C)O.CC(=O)/C=C(/C)O.[Pt].[Pt].[c-]1cc2c3c[c-]c(-c4ccccn4)cc3c3ccccc3c2cc1-c1ccccn1. The zero-order chi connectivity index (χ0) is 31.6. The van der Waals surface area contributed by atoms with Crippen molar-refractivity contribution in [3.63, 3.8) is 0 Å². The summed E-state index contributed by atoms with van der Waals surface area (Å²) < 4.78 is 0.